The average Bonchev–Trinajstić information content (AvgIpc) is 1.63. The Bertz CT molecular complexity index is 2700. The van der Waals surface area contributed by atoms with Crippen LogP contribution in [0.1, 0.15) is 215 Å². The first-order valence-electron chi connectivity index (χ1n) is 34.4. The van der Waals surface area contributed by atoms with Gasteiger partial charge in [-0.05, 0) is 330 Å². The summed E-state index contributed by atoms with van der Waals surface area (Å²) < 4.78 is 0. The lowest BCUT2D eigenvalue weighted by Crippen LogP contribution is -2.25. The number of hydrogen-bond acceptors (Lipinski definition) is 12. The van der Waals surface area contributed by atoms with Gasteiger partial charge >= 0.3 is 0 Å². The van der Waals surface area contributed by atoms with E-state index in [1.165, 1.54) is 99.3 Å². The first-order chi connectivity index (χ1) is 42.1. The molecule has 2 aliphatic rings. The van der Waals surface area contributed by atoms with Crippen molar-refractivity contribution in [2.75, 3.05) is 118 Å². The molecular weight excluding hydrogens is 1420 g/mol. The zero-order chi connectivity index (χ0) is 61.4. The molecule has 0 atom stereocenters. The zero-order valence-electron chi connectivity index (χ0n) is 59.4. The Balaban J connectivity index is -0.00000202. The van der Waals surface area contributed by atoms with Crippen LogP contribution < -0.4 is 53.2 Å². The fourth-order valence-electron chi connectivity index (χ4n) is 11.7. The lowest BCUT2D eigenvalue weighted by atomic mass is 9.98. The normalized spacial score (nSPS) is 11.2. The minimum atomic E-state index is 0. The molecule has 0 unspecified atom stereocenters. The number of nitrogens with one attached hydrogen (secondary N) is 12. The van der Waals surface area contributed by atoms with Crippen LogP contribution in [0.4, 0.5) is 0 Å². The van der Waals surface area contributed by atoms with Crippen LogP contribution in [0.5, 0.6) is 0 Å². The molecule has 0 saturated heterocycles. The molecule has 0 aromatic carbocycles. The smallest absolute Gasteiger partial charge is 0.220 e. The summed E-state index contributed by atoms with van der Waals surface area (Å²) in [4.78, 5) is 45.3. The number of fused-ring (bicyclic) bond motifs is 8. The van der Waals surface area contributed by atoms with Gasteiger partial charge in [-0.25, -0.2) is 9.97 Å². The fourth-order valence-corrected chi connectivity index (χ4v) is 11.7. The Morgan fingerprint density at radius 1 is 0.323 bits per heavy atom. The molecule has 0 fully saturated rings. The number of nitrogens with zero attached hydrogens (tertiary/aromatic N) is 2. The molecule has 0 saturated carbocycles. The number of allylic oxidation sites excluding steroid dienone is 4. The molecule has 12 N–H and O–H groups in total. The Morgan fingerprint density at radius 3 is 0.854 bits per heavy atom. The highest BCUT2D eigenvalue weighted by Gasteiger charge is 2.23. The van der Waals surface area contributed by atoms with Crippen LogP contribution in [0.15, 0.2) is 24.3 Å². The molecule has 3 aromatic heterocycles. The average molecular weight is 1550 g/mol. The number of aromatic nitrogens is 4. The summed E-state index contributed by atoms with van der Waals surface area (Å²) in [7, 11) is 0. The van der Waals surface area contributed by atoms with E-state index in [0.29, 0.717) is 38.8 Å². The van der Waals surface area contributed by atoms with Gasteiger partial charge in [-0.1, -0.05) is 27.7 Å². The zero-order valence-corrected chi connectivity index (χ0v) is 67.6. The van der Waals surface area contributed by atoms with Crippen molar-refractivity contribution in [3.05, 3.63) is 69.3 Å². The van der Waals surface area contributed by atoms with E-state index < -0.39 is 0 Å². The third-order valence-corrected chi connectivity index (χ3v) is 17.2. The lowest BCUT2D eigenvalue weighted by Gasteiger charge is -2.09. The second kappa shape index (κ2) is 65.2. The van der Waals surface area contributed by atoms with Crippen LogP contribution in [0.25, 0.3) is 44.4 Å². The number of carbonyl (C=O) groups is 2. The fraction of sp³-hybridized carbons (Fsp3) is 0.686. The number of aryl methyl sites for hydroxylation is 4. The van der Waals surface area contributed by atoms with Gasteiger partial charge in [0.2, 0.25) is 11.8 Å². The molecule has 562 valence electrons. The third kappa shape index (κ3) is 40.1. The molecular formula is C70H130Cl10N14O2. The van der Waals surface area contributed by atoms with Crippen LogP contribution in [0, 0.1) is 13.8 Å². The Hall–Kier alpha value is -1.88. The summed E-state index contributed by atoms with van der Waals surface area (Å²) in [5, 5.41) is 34.8. The van der Waals surface area contributed by atoms with Crippen LogP contribution in [-0.2, 0) is 22.4 Å². The van der Waals surface area contributed by atoms with Gasteiger partial charge < -0.3 is 63.1 Å². The van der Waals surface area contributed by atoms with Crippen molar-refractivity contribution in [3.63, 3.8) is 0 Å². The van der Waals surface area contributed by atoms with Gasteiger partial charge in [-0.3, -0.25) is 9.59 Å². The molecule has 96 heavy (non-hydrogen) atoms. The van der Waals surface area contributed by atoms with Crippen molar-refractivity contribution in [2.45, 2.75) is 197 Å². The van der Waals surface area contributed by atoms with Crippen molar-refractivity contribution in [3.8, 4) is 0 Å². The number of carbonyl (C=O) groups excluding carboxylic acids is 2. The summed E-state index contributed by atoms with van der Waals surface area (Å²) in [6.07, 6.45) is 22.1. The maximum atomic E-state index is 13.5. The van der Waals surface area contributed by atoms with E-state index in [1.807, 2.05) is 0 Å². The number of hydrogen-bond donors (Lipinski definition) is 12. The number of halogens is 10. The predicted molar refractivity (Wildman–Crippen MR) is 439 cm³/mol. The molecule has 0 spiro atoms. The third-order valence-electron chi connectivity index (χ3n) is 17.2. The SMILES string of the molecule is CCNCCCCNCCCCNCCCCNCCCCNC(=O)CCC1=C(C)c2cc3[nH]c(cc4[nH]c(cc5nc(cc1n2)C(CCC(=O)NCCCCNCCCCNCCCCNCCCCNCC)=C5C)c(CC)c4C)c(CC)c3C.Cl.Cl.Cl.Cl.Cl.Cl.Cl.Cl.Cl.Cl. The molecule has 0 radical (unpaired) electrons. The molecule has 0 aliphatic carbocycles. The highest BCUT2D eigenvalue weighted by molar-refractivity contribution is 5.97. The summed E-state index contributed by atoms with van der Waals surface area (Å²) >= 11 is 0. The summed E-state index contributed by atoms with van der Waals surface area (Å²) in [6.45, 7) is 35.9. The predicted octanol–water partition coefficient (Wildman–Crippen LogP) is 14.9. The Kier molecular flexibility index (Phi) is 71.3. The van der Waals surface area contributed by atoms with Gasteiger partial charge in [0, 0.05) is 48.0 Å². The standard InChI is InChI=1S/C70H120N14O2.10ClH/c1-9-57-53(5)61-49-62-55(7)59(29-31-69(85)79-47-27-25-45-77-43-23-21-41-75-39-19-17-37-73-35-15-13-33-71-11-3)67(83-62)52-68-60(56(8)64(84-68)51-66-58(10-2)54(6)63(82-66)50-65(57)81-61)30-32-70(86)80-48-28-26-46-78-44-24-22-42-76-40-20-18-38-74-36-16-14-34-72-12-4;;;;;;;;;;/h49-52,71-78,81-82H,9-48H2,1-8H3,(H,79,85)(H,80,86);10*1H. The molecule has 2 aliphatic heterocycles. The summed E-state index contributed by atoms with van der Waals surface area (Å²) in [6, 6.07) is 8.75. The van der Waals surface area contributed by atoms with Crippen molar-refractivity contribution in [1.82, 2.24) is 73.1 Å². The quantitative estimate of drug-likeness (QED) is 0.0238. The molecule has 26 heteroatoms. The number of unbranched alkanes of at least 4 members (excludes halogenated alkanes) is 8. The van der Waals surface area contributed by atoms with Crippen molar-refractivity contribution in [1.29, 1.82) is 0 Å². The maximum absolute atomic E-state index is 13.5. The molecule has 3 aromatic rings. The Labute approximate surface area is 641 Å². The second-order valence-corrected chi connectivity index (χ2v) is 23.9. The highest BCUT2D eigenvalue weighted by atomic mass is 35.5. The van der Waals surface area contributed by atoms with Gasteiger partial charge in [0.05, 0.1) is 22.8 Å². The number of amides is 2. The van der Waals surface area contributed by atoms with E-state index >= 15 is 0 Å². The topological polar surface area (TPSA) is 212 Å². The van der Waals surface area contributed by atoms with E-state index in [4.69, 9.17) is 9.97 Å². The van der Waals surface area contributed by atoms with Crippen LogP contribution >= 0.6 is 124 Å². The van der Waals surface area contributed by atoms with E-state index in [1.54, 1.807) is 0 Å². The van der Waals surface area contributed by atoms with Gasteiger partial charge in [0.25, 0.3) is 0 Å². The van der Waals surface area contributed by atoms with Crippen LogP contribution in [-0.4, -0.2) is 150 Å². The van der Waals surface area contributed by atoms with Gasteiger partial charge in [0.1, 0.15) is 0 Å². The Morgan fingerprint density at radius 2 is 0.573 bits per heavy atom. The lowest BCUT2D eigenvalue weighted by molar-refractivity contribution is -0.121. The van der Waals surface area contributed by atoms with Gasteiger partial charge in [0.15, 0.2) is 0 Å². The molecule has 5 heterocycles. The molecule has 8 bridgehead atoms. The minimum absolute atomic E-state index is 0. The molecule has 2 amide bonds. The van der Waals surface area contributed by atoms with E-state index in [2.05, 4.69) is 143 Å². The van der Waals surface area contributed by atoms with E-state index in [0.717, 1.165) is 210 Å². The van der Waals surface area contributed by atoms with Gasteiger partial charge in [-0.2, -0.15) is 0 Å². The molecule has 16 nitrogen and oxygen atoms in total. The summed E-state index contributed by atoms with van der Waals surface area (Å²) in [5.74, 6) is 0.113. The van der Waals surface area contributed by atoms with Crippen molar-refractivity contribution >= 4 is 180 Å². The van der Waals surface area contributed by atoms with Gasteiger partial charge in [-0.15, -0.1) is 124 Å². The maximum Gasteiger partial charge on any atom is 0.220 e. The number of rotatable bonds is 50. The molecule has 5 rings (SSSR count). The van der Waals surface area contributed by atoms with Crippen LogP contribution in [0.2, 0.25) is 0 Å². The first kappa shape index (κ1) is 105. The van der Waals surface area contributed by atoms with E-state index in [9.17, 15) is 9.59 Å². The second-order valence-electron chi connectivity index (χ2n) is 23.9. The van der Waals surface area contributed by atoms with Crippen molar-refractivity contribution < 1.29 is 9.59 Å². The summed E-state index contributed by atoms with van der Waals surface area (Å²) in [5.41, 5.74) is 17.0. The van der Waals surface area contributed by atoms with Crippen LogP contribution in [0.3, 0.4) is 0 Å². The number of H-pyrrole nitrogens is 2. The first-order valence-corrected chi connectivity index (χ1v) is 34.4. The monoisotopic (exact) mass is 1550 g/mol. The minimum Gasteiger partial charge on any atom is -0.356 e. The number of aromatic amines is 2. The highest BCUT2D eigenvalue weighted by Crippen LogP contribution is 2.38. The van der Waals surface area contributed by atoms with E-state index in [-0.39, 0.29) is 136 Å². The largest absolute Gasteiger partial charge is 0.356 e. The van der Waals surface area contributed by atoms with Crippen molar-refractivity contribution in [2.24, 2.45) is 0 Å².